The second-order valence-corrected chi connectivity index (χ2v) is 21.8. The summed E-state index contributed by atoms with van der Waals surface area (Å²) in [6.45, 7) is 10.9. The number of rotatable bonds is 28. The summed E-state index contributed by atoms with van der Waals surface area (Å²) in [5.41, 5.74) is 1.61. The van der Waals surface area contributed by atoms with Crippen LogP contribution in [0.25, 0.3) is 10.8 Å². The minimum atomic E-state index is -3.76. The average molecular weight is 1120 g/mol. The predicted molar refractivity (Wildman–Crippen MR) is 290 cm³/mol. The highest BCUT2D eigenvalue weighted by Crippen LogP contribution is 2.32. The van der Waals surface area contributed by atoms with Crippen LogP contribution in [0, 0.1) is 5.82 Å². The lowest BCUT2D eigenvalue weighted by Crippen LogP contribution is -2.50. The van der Waals surface area contributed by atoms with E-state index in [1.807, 2.05) is 30.3 Å². The summed E-state index contributed by atoms with van der Waals surface area (Å²) < 4.78 is 82.2. The summed E-state index contributed by atoms with van der Waals surface area (Å²) in [7, 11) is -3.76. The fourth-order valence-corrected chi connectivity index (χ4v) is 10.5. The number of benzene rings is 4. The zero-order chi connectivity index (χ0) is 56.2. The molecule has 0 saturated carbocycles. The molecule has 2 fully saturated rings. The van der Waals surface area contributed by atoms with Crippen molar-refractivity contribution in [1.82, 2.24) is 29.6 Å². The number of piperazine rings is 1. The highest BCUT2D eigenvalue weighted by Gasteiger charge is 2.31. The topological polar surface area (TPSA) is 235 Å². The number of halogens is 1. The molecule has 5 aromatic rings. The molecule has 7 rings (SSSR count). The van der Waals surface area contributed by atoms with Gasteiger partial charge in [-0.1, -0.05) is 36.4 Å². The summed E-state index contributed by atoms with van der Waals surface area (Å²) in [6.07, 6.45) is 1.80. The molecule has 0 radical (unpaired) electrons. The van der Waals surface area contributed by atoms with Gasteiger partial charge in [0.15, 0.2) is 0 Å². The fraction of sp³-hybridized carbons (Fsp3) is 0.474. The Morgan fingerprint density at radius 3 is 1.87 bits per heavy atom. The molecule has 20 nitrogen and oxygen atoms in total. The van der Waals surface area contributed by atoms with E-state index in [1.165, 1.54) is 40.7 Å². The number of sulfonamides is 1. The molecule has 79 heavy (non-hydrogen) atoms. The van der Waals surface area contributed by atoms with Crippen LogP contribution in [0.5, 0.6) is 5.75 Å². The minimum Gasteiger partial charge on any atom is -0.491 e. The lowest BCUT2D eigenvalue weighted by atomic mass is 9.90. The maximum atomic E-state index is 14.9. The SMILES string of the molecule is CC(C)(C)OC(=O)CNC(=O)c1ccc(S(=O)(=O)N2CCC(c3ccc(OCCOCCOCCOCCOCCOCCC(=O)N4CCN(C(=O)c5cc(Cc6n[nH]c(=O)c7ccccc67)ccc5F)CC4)cc3)CC2)cc1. The van der Waals surface area contributed by atoms with Crippen molar-refractivity contribution in [2.45, 2.75) is 62.9 Å². The van der Waals surface area contributed by atoms with Crippen LogP contribution in [0.3, 0.4) is 0 Å². The van der Waals surface area contributed by atoms with Crippen molar-refractivity contribution in [1.29, 1.82) is 0 Å². The number of carbonyl (C=O) groups is 4. The first-order valence-electron chi connectivity index (χ1n) is 26.6. The first-order valence-corrected chi connectivity index (χ1v) is 28.0. The van der Waals surface area contributed by atoms with Crippen molar-refractivity contribution < 1.29 is 65.1 Å². The molecule has 2 aliphatic rings. The van der Waals surface area contributed by atoms with Crippen LogP contribution in [0.4, 0.5) is 4.39 Å². The van der Waals surface area contributed by atoms with Gasteiger partial charge in [0.2, 0.25) is 15.9 Å². The molecule has 2 N–H and O–H groups in total. The quantitative estimate of drug-likeness (QED) is 0.0488. The smallest absolute Gasteiger partial charge is 0.325 e. The van der Waals surface area contributed by atoms with Gasteiger partial charge in [-0.25, -0.2) is 17.9 Å². The van der Waals surface area contributed by atoms with Gasteiger partial charge in [0.05, 0.1) is 94.0 Å². The zero-order valence-corrected chi connectivity index (χ0v) is 45.9. The van der Waals surface area contributed by atoms with Crippen LogP contribution < -0.4 is 15.6 Å². The van der Waals surface area contributed by atoms with Crippen molar-refractivity contribution in [2.24, 2.45) is 0 Å². The highest BCUT2D eigenvalue weighted by molar-refractivity contribution is 7.89. The van der Waals surface area contributed by atoms with Crippen molar-refractivity contribution in [3.8, 4) is 5.75 Å². The molecule has 426 valence electrons. The number of amides is 3. The van der Waals surface area contributed by atoms with Gasteiger partial charge in [-0.2, -0.15) is 9.40 Å². The van der Waals surface area contributed by atoms with Crippen LogP contribution in [0.2, 0.25) is 0 Å². The Morgan fingerprint density at radius 1 is 0.696 bits per heavy atom. The third-order valence-corrected chi connectivity index (χ3v) is 15.1. The first kappa shape index (κ1) is 60.0. The molecule has 3 amide bonds. The van der Waals surface area contributed by atoms with Crippen molar-refractivity contribution in [3.05, 3.63) is 135 Å². The largest absolute Gasteiger partial charge is 0.491 e. The fourth-order valence-electron chi connectivity index (χ4n) is 9.02. The molecule has 0 atom stereocenters. The number of aromatic amines is 1. The maximum Gasteiger partial charge on any atom is 0.325 e. The van der Waals surface area contributed by atoms with E-state index >= 15 is 0 Å². The summed E-state index contributed by atoms with van der Waals surface area (Å²) in [5, 5.41) is 10.4. The molecule has 0 bridgehead atoms. The van der Waals surface area contributed by atoms with Gasteiger partial charge in [0.1, 0.15) is 30.3 Å². The van der Waals surface area contributed by atoms with Gasteiger partial charge >= 0.3 is 5.97 Å². The molecule has 0 unspecified atom stereocenters. The van der Waals surface area contributed by atoms with E-state index in [-0.39, 0.29) is 66.1 Å². The maximum absolute atomic E-state index is 14.9. The van der Waals surface area contributed by atoms with Crippen LogP contribution >= 0.6 is 0 Å². The Bertz CT molecular complexity index is 2980. The Hall–Kier alpha value is -6.66. The van der Waals surface area contributed by atoms with Crippen LogP contribution in [0.15, 0.2) is 101 Å². The van der Waals surface area contributed by atoms with E-state index in [9.17, 15) is 36.8 Å². The summed E-state index contributed by atoms with van der Waals surface area (Å²) in [4.78, 5) is 66.2. The normalized spacial score (nSPS) is 14.6. The Balaban J connectivity index is 0.647. The number of fused-ring (bicyclic) bond motifs is 1. The molecular weight excluding hydrogens is 1040 g/mol. The van der Waals surface area contributed by atoms with E-state index in [0.717, 1.165) is 5.56 Å². The second kappa shape index (κ2) is 29.5. The Kier molecular flexibility index (Phi) is 22.4. The minimum absolute atomic E-state index is 0.0520. The van der Waals surface area contributed by atoms with Gasteiger partial charge in [0.25, 0.3) is 17.4 Å². The van der Waals surface area contributed by atoms with Gasteiger partial charge in [-0.05, 0) is 105 Å². The summed E-state index contributed by atoms with van der Waals surface area (Å²) in [6, 6.07) is 25.0. The summed E-state index contributed by atoms with van der Waals surface area (Å²) >= 11 is 0. The number of aromatic nitrogens is 2. The number of piperidine rings is 1. The lowest BCUT2D eigenvalue weighted by molar-refractivity contribution is -0.153. The number of ether oxygens (including phenoxy) is 7. The molecule has 22 heteroatoms. The Morgan fingerprint density at radius 2 is 1.27 bits per heavy atom. The lowest BCUT2D eigenvalue weighted by Gasteiger charge is -2.35. The van der Waals surface area contributed by atoms with E-state index in [2.05, 4.69) is 15.5 Å². The molecule has 2 saturated heterocycles. The van der Waals surface area contributed by atoms with E-state index in [0.29, 0.717) is 139 Å². The van der Waals surface area contributed by atoms with Gasteiger partial charge in [-0.15, -0.1) is 0 Å². The van der Waals surface area contributed by atoms with Crippen molar-refractivity contribution in [2.75, 3.05) is 118 Å². The number of H-pyrrole nitrogens is 1. The number of hydrogen-bond acceptors (Lipinski definition) is 15. The highest BCUT2D eigenvalue weighted by atomic mass is 32.2. The van der Waals surface area contributed by atoms with Crippen LogP contribution in [0.1, 0.15) is 83.5 Å². The van der Waals surface area contributed by atoms with Crippen LogP contribution in [-0.2, 0) is 54.5 Å². The van der Waals surface area contributed by atoms with E-state index < -0.39 is 39.2 Å². The van der Waals surface area contributed by atoms with Gasteiger partial charge in [-0.3, -0.25) is 24.0 Å². The second-order valence-electron chi connectivity index (χ2n) is 19.9. The number of hydrogen-bond donors (Lipinski definition) is 2. The number of carbonyl (C=O) groups excluding carboxylic acids is 4. The molecule has 2 aliphatic heterocycles. The van der Waals surface area contributed by atoms with Crippen molar-refractivity contribution >= 4 is 44.5 Å². The molecule has 1 aromatic heterocycles. The molecular formula is C57H71FN6O14S. The molecule has 4 aromatic carbocycles. The van der Waals surface area contributed by atoms with E-state index in [4.69, 9.17) is 33.2 Å². The summed E-state index contributed by atoms with van der Waals surface area (Å²) in [5.74, 6) is -1.33. The average Bonchev–Trinajstić information content (AvgIpc) is 3.49. The third kappa shape index (κ3) is 18.2. The number of nitrogens with one attached hydrogen (secondary N) is 2. The molecule has 3 heterocycles. The molecule has 0 aliphatic carbocycles. The Labute approximate surface area is 459 Å². The third-order valence-electron chi connectivity index (χ3n) is 13.1. The first-order chi connectivity index (χ1) is 38.1. The molecule has 0 spiro atoms. The van der Waals surface area contributed by atoms with Crippen LogP contribution in [-0.4, -0.2) is 181 Å². The monoisotopic (exact) mass is 1110 g/mol. The number of nitrogens with zero attached hydrogens (tertiary/aromatic N) is 4. The zero-order valence-electron chi connectivity index (χ0n) is 45.1. The van der Waals surface area contributed by atoms with E-state index in [1.54, 1.807) is 54.8 Å². The standard InChI is InChI=1S/C57H71FN6O14S/c1-57(2,3)78-53(66)40-59-54(67)44-11-15-46(16-12-44)79(70,71)64-21-18-43(19-22-64)42-9-13-45(14-10-42)77-37-36-76-35-34-75-33-32-74-31-30-73-29-28-72-27-20-52(65)62-23-25-63(26-24-62)56(69)49-38-41(8-17-50(49)58)39-51-47-6-4-5-7-48(47)55(68)61-60-51/h4-17,38,43H,18-37,39-40H2,1-3H3,(H,59,67)(H,61,68). The van der Waals surface area contributed by atoms with Crippen molar-refractivity contribution in [3.63, 3.8) is 0 Å². The van der Waals surface area contributed by atoms with Gasteiger partial charge in [0, 0.05) is 56.6 Å². The van der Waals surface area contributed by atoms with Gasteiger partial charge < -0.3 is 48.3 Å². The predicted octanol–water partition coefficient (Wildman–Crippen LogP) is 5.13. The number of esters is 1.